The molecule has 3 heterocycles. The summed E-state index contributed by atoms with van der Waals surface area (Å²) in [5.74, 6) is 0.0794. The fourth-order valence-corrected chi connectivity index (χ4v) is 3.90. The molecule has 0 atom stereocenters. The SMILES string of the molecule is Cl.Cn1nc(-c2ccccc2)c2c1CCN(C(=O)C1(CO)CNC1)CC2. The van der Waals surface area contributed by atoms with Gasteiger partial charge in [0.15, 0.2) is 0 Å². The van der Waals surface area contributed by atoms with Gasteiger partial charge in [-0.2, -0.15) is 5.10 Å². The molecule has 0 aliphatic carbocycles. The van der Waals surface area contributed by atoms with Crippen molar-refractivity contribution in [2.24, 2.45) is 12.5 Å². The first-order chi connectivity index (χ1) is 12.1. The molecule has 0 spiro atoms. The Hall–Kier alpha value is -1.89. The predicted molar refractivity (Wildman–Crippen MR) is 102 cm³/mol. The van der Waals surface area contributed by atoms with Gasteiger partial charge >= 0.3 is 0 Å². The minimum atomic E-state index is -0.614. The monoisotopic (exact) mass is 376 g/mol. The number of aliphatic hydroxyl groups excluding tert-OH is 1. The van der Waals surface area contributed by atoms with Gasteiger partial charge in [0.2, 0.25) is 5.91 Å². The summed E-state index contributed by atoms with van der Waals surface area (Å²) in [5.41, 5.74) is 3.98. The van der Waals surface area contributed by atoms with Gasteiger partial charge in [-0.3, -0.25) is 9.48 Å². The standard InChI is InChI=1S/C19H24N4O2.ClH/c1-22-16-8-10-23(18(25)19(13-24)11-20-12-19)9-7-15(16)17(21-22)14-5-3-2-4-6-14;/h2-6,20,24H,7-13H2,1H3;1H. The Kier molecular flexibility index (Phi) is 5.37. The molecule has 0 bridgehead atoms. The third kappa shape index (κ3) is 3.02. The second-order valence-electron chi connectivity index (χ2n) is 7.10. The highest BCUT2D eigenvalue weighted by Crippen LogP contribution is 2.30. The van der Waals surface area contributed by atoms with Crippen LogP contribution in [-0.4, -0.2) is 58.5 Å². The molecule has 1 aromatic carbocycles. The number of aryl methyl sites for hydroxylation is 1. The summed E-state index contributed by atoms with van der Waals surface area (Å²) in [6.07, 6.45) is 1.60. The third-order valence-corrected chi connectivity index (χ3v) is 5.54. The van der Waals surface area contributed by atoms with Crippen LogP contribution in [-0.2, 0) is 24.7 Å². The highest BCUT2D eigenvalue weighted by atomic mass is 35.5. The lowest BCUT2D eigenvalue weighted by atomic mass is 9.81. The molecule has 2 N–H and O–H groups in total. The summed E-state index contributed by atoms with van der Waals surface area (Å²) in [7, 11) is 1.98. The number of benzene rings is 1. The molecule has 2 aliphatic heterocycles. The molecule has 6 nitrogen and oxygen atoms in total. The number of rotatable bonds is 3. The Bertz CT molecular complexity index is 781. The van der Waals surface area contributed by atoms with E-state index in [9.17, 15) is 9.90 Å². The van der Waals surface area contributed by atoms with Crippen molar-refractivity contribution < 1.29 is 9.90 Å². The lowest BCUT2D eigenvalue weighted by Crippen LogP contribution is -2.64. The quantitative estimate of drug-likeness (QED) is 0.839. The molecule has 140 valence electrons. The smallest absolute Gasteiger partial charge is 0.233 e. The number of fused-ring (bicyclic) bond motifs is 1. The highest BCUT2D eigenvalue weighted by molar-refractivity contribution is 5.85. The summed E-state index contributed by atoms with van der Waals surface area (Å²) in [4.78, 5) is 14.8. The van der Waals surface area contributed by atoms with E-state index in [1.807, 2.05) is 34.8 Å². The first kappa shape index (κ1) is 18.9. The van der Waals surface area contributed by atoms with E-state index < -0.39 is 5.41 Å². The van der Waals surface area contributed by atoms with Crippen molar-refractivity contribution in [2.45, 2.75) is 12.8 Å². The van der Waals surface area contributed by atoms with E-state index >= 15 is 0 Å². The Balaban J connectivity index is 0.00000196. The van der Waals surface area contributed by atoms with Crippen LogP contribution in [0, 0.1) is 5.41 Å². The van der Waals surface area contributed by atoms with Crippen LogP contribution in [0.15, 0.2) is 30.3 Å². The molecule has 0 radical (unpaired) electrons. The fraction of sp³-hybridized carbons (Fsp3) is 0.474. The van der Waals surface area contributed by atoms with Crippen molar-refractivity contribution in [3.8, 4) is 11.3 Å². The average molecular weight is 377 g/mol. The lowest BCUT2D eigenvalue weighted by molar-refractivity contribution is -0.148. The summed E-state index contributed by atoms with van der Waals surface area (Å²) < 4.78 is 1.96. The lowest BCUT2D eigenvalue weighted by Gasteiger charge is -2.42. The molecule has 0 saturated carbocycles. The molecule has 1 amide bonds. The van der Waals surface area contributed by atoms with Gasteiger partial charge in [0, 0.05) is 56.5 Å². The van der Waals surface area contributed by atoms with Crippen LogP contribution < -0.4 is 5.32 Å². The average Bonchev–Trinajstić information content (AvgIpc) is 2.78. The maximum Gasteiger partial charge on any atom is 0.233 e. The van der Waals surface area contributed by atoms with Crippen molar-refractivity contribution in [1.29, 1.82) is 0 Å². The Morgan fingerprint density at radius 3 is 2.54 bits per heavy atom. The minimum absolute atomic E-state index is 0. The van der Waals surface area contributed by atoms with E-state index in [4.69, 9.17) is 5.10 Å². The molecule has 1 saturated heterocycles. The van der Waals surface area contributed by atoms with Crippen molar-refractivity contribution in [2.75, 3.05) is 32.8 Å². The van der Waals surface area contributed by atoms with E-state index in [1.54, 1.807) is 0 Å². The second kappa shape index (κ2) is 7.39. The van der Waals surface area contributed by atoms with Gasteiger partial charge in [0.05, 0.1) is 17.7 Å². The number of carbonyl (C=O) groups is 1. The van der Waals surface area contributed by atoms with Crippen molar-refractivity contribution in [3.63, 3.8) is 0 Å². The second-order valence-corrected chi connectivity index (χ2v) is 7.10. The number of halogens is 1. The number of amides is 1. The molecule has 2 aromatic rings. The first-order valence-electron chi connectivity index (χ1n) is 8.86. The molecule has 4 rings (SSSR count). The molecule has 1 aromatic heterocycles. The van der Waals surface area contributed by atoms with Crippen molar-refractivity contribution in [1.82, 2.24) is 20.0 Å². The fourth-order valence-electron chi connectivity index (χ4n) is 3.90. The number of aliphatic hydroxyl groups is 1. The van der Waals surface area contributed by atoms with Crippen molar-refractivity contribution in [3.05, 3.63) is 41.6 Å². The molecule has 1 fully saturated rings. The van der Waals surface area contributed by atoms with Gasteiger partial charge in [0.1, 0.15) is 0 Å². The van der Waals surface area contributed by atoms with Gasteiger partial charge in [-0.15, -0.1) is 12.4 Å². The van der Waals surface area contributed by atoms with Crippen LogP contribution >= 0.6 is 12.4 Å². The zero-order chi connectivity index (χ0) is 17.4. The molecule has 26 heavy (non-hydrogen) atoms. The topological polar surface area (TPSA) is 70.4 Å². The van der Waals surface area contributed by atoms with Crippen LogP contribution in [0.25, 0.3) is 11.3 Å². The predicted octanol–water partition coefficient (Wildman–Crippen LogP) is 1.02. The van der Waals surface area contributed by atoms with Crippen LogP contribution in [0.4, 0.5) is 0 Å². The summed E-state index contributed by atoms with van der Waals surface area (Å²) in [6.45, 7) is 2.42. The minimum Gasteiger partial charge on any atom is -0.395 e. The Morgan fingerprint density at radius 1 is 1.23 bits per heavy atom. The van der Waals surface area contributed by atoms with Crippen LogP contribution in [0.5, 0.6) is 0 Å². The summed E-state index contributed by atoms with van der Waals surface area (Å²) in [5, 5.41) is 17.5. The number of aromatic nitrogens is 2. The Labute approximate surface area is 159 Å². The summed E-state index contributed by atoms with van der Waals surface area (Å²) >= 11 is 0. The van der Waals surface area contributed by atoms with Gasteiger partial charge in [0.25, 0.3) is 0 Å². The Morgan fingerprint density at radius 2 is 1.92 bits per heavy atom. The third-order valence-electron chi connectivity index (χ3n) is 5.54. The van der Waals surface area contributed by atoms with Gasteiger partial charge in [-0.05, 0) is 6.42 Å². The number of nitrogens with zero attached hydrogens (tertiary/aromatic N) is 3. The molecule has 2 aliphatic rings. The normalized spacial score (nSPS) is 18.3. The van der Waals surface area contributed by atoms with Crippen molar-refractivity contribution >= 4 is 18.3 Å². The molecular weight excluding hydrogens is 352 g/mol. The number of hydrogen-bond donors (Lipinski definition) is 2. The van der Waals surface area contributed by atoms with Gasteiger partial charge in [-0.25, -0.2) is 0 Å². The molecule has 0 unspecified atom stereocenters. The first-order valence-corrected chi connectivity index (χ1v) is 8.86. The van der Waals surface area contributed by atoms with Crippen LogP contribution in [0.2, 0.25) is 0 Å². The molecule has 7 heteroatoms. The van der Waals surface area contributed by atoms with E-state index in [1.165, 1.54) is 11.3 Å². The molecular formula is C19H25ClN4O2. The zero-order valence-corrected chi connectivity index (χ0v) is 15.8. The van der Waals surface area contributed by atoms with E-state index in [2.05, 4.69) is 17.4 Å². The van der Waals surface area contributed by atoms with Crippen LogP contribution in [0.3, 0.4) is 0 Å². The largest absolute Gasteiger partial charge is 0.395 e. The summed E-state index contributed by atoms with van der Waals surface area (Å²) in [6, 6.07) is 10.2. The number of nitrogens with one attached hydrogen (secondary N) is 1. The van der Waals surface area contributed by atoms with E-state index in [0.29, 0.717) is 26.2 Å². The van der Waals surface area contributed by atoms with Crippen LogP contribution in [0.1, 0.15) is 11.3 Å². The highest BCUT2D eigenvalue weighted by Gasteiger charge is 2.46. The zero-order valence-electron chi connectivity index (χ0n) is 14.9. The number of carbonyl (C=O) groups excluding carboxylic acids is 1. The number of hydrogen-bond acceptors (Lipinski definition) is 4. The van der Waals surface area contributed by atoms with E-state index in [0.717, 1.165) is 24.1 Å². The maximum absolute atomic E-state index is 12.9. The van der Waals surface area contributed by atoms with Gasteiger partial charge in [-0.1, -0.05) is 30.3 Å². The maximum atomic E-state index is 12.9. The van der Waals surface area contributed by atoms with Gasteiger partial charge < -0.3 is 15.3 Å². The van der Waals surface area contributed by atoms with E-state index in [-0.39, 0.29) is 24.9 Å².